The second-order valence-electron chi connectivity index (χ2n) is 8.49. The number of nitrogens with one attached hydrogen (secondary N) is 1. The minimum atomic E-state index is -0.205. The van der Waals surface area contributed by atoms with Crippen molar-refractivity contribution < 1.29 is 14.0 Å². The van der Waals surface area contributed by atoms with Crippen molar-refractivity contribution in [2.45, 2.75) is 32.1 Å². The molecule has 2 atom stereocenters. The summed E-state index contributed by atoms with van der Waals surface area (Å²) in [5.41, 5.74) is 1.06. The lowest BCUT2D eigenvalue weighted by molar-refractivity contribution is -0.137. The molecule has 28 heavy (non-hydrogen) atoms. The van der Waals surface area contributed by atoms with E-state index in [2.05, 4.69) is 15.1 Å². The normalized spacial score (nSPS) is 28.2. The third kappa shape index (κ3) is 4.37. The van der Waals surface area contributed by atoms with Gasteiger partial charge >= 0.3 is 0 Å². The van der Waals surface area contributed by atoms with Gasteiger partial charge in [-0.2, -0.15) is 0 Å². The second kappa shape index (κ2) is 8.60. The van der Waals surface area contributed by atoms with Gasteiger partial charge in [0.05, 0.1) is 0 Å². The van der Waals surface area contributed by atoms with Gasteiger partial charge in [-0.05, 0) is 49.9 Å². The highest BCUT2D eigenvalue weighted by molar-refractivity contribution is 5.88. The number of benzene rings is 1. The molecular weight excluding hydrogens is 357 g/mol. The van der Waals surface area contributed by atoms with E-state index in [0.29, 0.717) is 12.3 Å². The topological polar surface area (TPSA) is 52.7 Å². The van der Waals surface area contributed by atoms with Crippen molar-refractivity contribution >= 4 is 17.4 Å². The smallest absolute Gasteiger partial charge is 0.223 e. The van der Waals surface area contributed by atoms with E-state index >= 15 is 0 Å². The SMILES string of the molecule is O=C(NCCN1CCN(c2ccc(F)cc2)CC1)C1CC2CCCC(C1)C2=O. The highest BCUT2D eigenvalue weighted by Gasteiger charge is 2.41. The number of ketones is 1. The van der Waals surface area contributed by atoms with Crippen LogP contribution in [0.5, 0.6) is 0 Å². The second-order valence-corrected chi connectivity index (χ2v) is 8.49. The predicted octanol–water partition coefficient (Wildman–Crippen LogP) is 2.46. The Labute approximate surface area is 166 Å². The maximum atomic E-state index is 13.1. The van der Waals surface area contributed by atoms with Crippen molar-refractivity contribution in [2.75, 3.05) is 44.2 Å². The molecule has 1 amide bonds. The summed E-state index contributed by atoms with van der Waals surface area (Å²) in [6, 6.07) is 6.67. The molecule has 2 bridgehead atoms. The molecule has 4 rings (SSSR count). The summed E-state index contributed by atoms with van der Waals surface area (Å²) in [6.45, 7) is 5.21. The first-order chi connectivity index (χ1) is 13.6. The first-order valence-corrected chi connectivity index (χ1v) is 10.6. The van der Waals surface area contributed by atoms with Gasteiger partial charge in [-0.15, -0.1) is 0 Å². The fourth-order valence-electron chi connectivity index (χ4n) is 5.06. The van der Waals surface area contributed by atoms with Crippen LogP contribution in [0.15, 0.2) is 24.3 Å². The number of amides is 1. The maximum absolute atomic E-state index is 13.1. The van der Waals surface area contributed by atoms with Crippen LogP contribution in [-0.4, -0.2) is 55.9 Å². The molecular formula is C22H30FN3O2. The average molecular weight is 387 g/mol. The molecule has 0 radical (unpaired) electrons. The molecule has 2 aliphatic carbocycles. The van der Waals surface area contributed by atoms with Crippen LogP contribution in [0.3, 0.4) is 0 Å². The van der Waals surface area contributed by atoms with Gasteiger partial charge < -0.3 is 10.2 Å². The number of anilines is 1. The molecule has 1 aromatic carbocycles. The van der Waals surface area contributed by atoms with Crippen molar-refractivity contribution in [2.24, 2.45) is 17.8 Å². The van der Waals surface area contributed by atoms with Crippen LogP contribution >= 0.6 is 0 Å². The van der Waals surface area contributed by atoms with E-state index in [1.807, 2.05) is 12.1 Å². The zero-order valence-corrected chi connectivity index (χ0v) is 16.4. The van der Waals surface area contributed by atoms with Crippen LogP contribution < -0.4 is 10.2 Å². The zero-order valence-electron chi connectivity index (χ0n) is 16.4. The van der Waals surface area contributed by atoms with Crippen LogP contribution in [0.2, 0.25) is 0 Å². The summed E-state index contributed by atoms with van der Waals surface area (Å²) in [6.07, 6.45) is 4.57. The van der Waals surface area contributed by atoms with Crippen molar-refractivity contribution in [3.63, 3.8) is 0 Å². The van der Waals surface area contributed by atoms with Gasteiger partial charge in [0.15, 0.2) is 0 Å². The van der Waals surface area contributed by atoms with E-state index in [9.17, 15) is 14.0 Å². The van der Waals surface area contributed by atoms with E-state index in [4.69, 9.17) is 0 Å². The minimum Gasteiger partial charge on any atom is -0.369 e. The van der Waals surface area contributed by atoms with Gasteiger partial charge in [0.2, 0.25) is 5.91 Å². The predicted molar refractivity (Wildman–Crippen MR) is 107 cm³/mol. The van der Waals surface area contributed by atoms with Crippen molar-refractivity contribution in [1.82, 2.24) is 10.2 Å². The third-order valence-electron chi connectivity index (χ3n) is 6.71. The molecule has 2 unspecified atom stereocenters. The van der Waals surface area contributed by atoms with Crippen LogP contribution in [0.1, 0.15) is 32.1 Å². The number of carbonyl (C=O) groups is 2. The quantitative estimate of drug-likeness (QED) is 0.843. The highest BCUT2D eigenvalue weighted by atomic mass is 19.1. The zero-order chi connectivity index (χ0) is 19.5. The van der Waals surface area contributed by atoms with Gasteiger partial charge in [-0.3, -0.25) is 14.5 Å². The summed E-state index contributed by atoms with van der Waals surface area (Å²) in [7, 11) is 0. The third-order valence-corrected chi connectivity index (χ3v) is 6.71. The first kappa shape index (κ1) is 19.4. The lowest BCUT2D eigenvalue weighted by atomic mass is 9.67. The summed E-state index contributed by atoms with van der Waals surface area (Å²) in [5.74, 6) is 0.613. The average Bonchev–Trinajstić information content (AvgIpc) is 2.69. The monoisotopic (exact) mass is 387 g/mol. The van der Waals surface area contributed by atoms with Crippen molar-refractivity contribution in [1.29, 1.82) is 0 Å². The van der Waals surface area contributed by atoms with Crippen LogP contribution in [0.4, 0.5) is 10.1 Å². The molecule has 1 aromatic rings. The number of nitrogens with zero attached hydrogens (tertiary/aromatic N) is 2. The Bertz CT molecular complexity index is 684. The molecule has 1 saturated heterocycles. The van der Waals surface area contributed by atoms with Gasteiger partial charge in [0, 0.05) is 62.7 Å². The Balaban J connectivity index is 1.17. The largest absolute Gasteiger partial charge is 0.369 e. The number of hydrogen-bond donors (Lipinski definition) is 1. The van der Waals surface area contributed by atoms with Crippen molar-refractivity contribution in [3.8, 4) is 0 Å². The number of carbonyl (C=O) groups excluding carboxylic acids is 2. The van der Waals surface area contributed by atoms with Gasteiger partial charge in [0.25, 0.3) is 0 Å². The van der Waals surface area contributed by atoms with Crippen LogP contribution in [0, 0.1) is 23.6 Å². The molecule has 1 heterocycles. The molecule has 152 valence electrons. The number of halogens is 1. The standard InChI is InChI=1S/C22H30FN3O2/c23-19-4-6-20(7-5-19)26-12-10-25(11-13-26)9-8-24-22(28)18-14-16-2-1-3-17(15-18)21(16)27/h4-7,16-18H,1-3,8-15H2,(H,24,28). The van der Waals surface area contributed by atoms with Gasteiger partial charge in [-0.25, -0.2) is 4.39 Å². The molecule has 1 N–H and O–H groups in total. The summed E-state index contributed by atoms with van der Waals surface area (Å²) in [5, 5.41) is 3.11. The first-order valence-electron chi connectivity index (χ1n) is 10.6. The van der Waals surface area contributed by atoms with Crippen LogP contribution in [0.25, 0.3) is 0 Å². The van der Waals surface area contributed by atoms with E-state index < -0.39 is 0 Å². The Morgan fingerprint density at radius 2 is 1.68 bits per heavy atom. The molecule has 2 saturated carbocycles. The number of piperazine rings is 1. The number of hydrogen-bond acceptors (Lipinski definition) is 4. The Hall–Kier alpha value is -1.95. The molecule has 0 spiro atoms. The molecule has 3 aliphatic rings. The van der Waals surface area contributed by atoms with Crippen molar-refractivity contribution in [3.05, 3.63) is 30.1 Å². The summed E-state index contributed by atoms with van der Waals surface area (Å²) in [4.78, 5) is 29.4. The van der Waals surface area contributed by atoms with E-state index in [1.165, 1.54) is 12.1 Å². The number of fused-ring (bicyclic) bond motifs is 2. The number of rotatable bonds is 5. The Kier molecular flexibility index (Phi) is 5.95. The molecule has 1 aliphatic heterocycles. The van der Waals surface area contributed by atoms with E-state index in [-0.39, 0.29) is 29.5 Å². The Morgan fingerprint density at radius 3 is 2.32 bits per heavy atom. The van der Waals surface area contributed by atoms with Gasteiger partial charge in [-0.1, -0.05) is 6.42 Å². The number of Topliss-reactive ketones (excluding diaryl/α,β-unsaturated/α-hetero) is 1. The molecule has 5 nitrogen and oxygen atoms in total. The summed E-state index contributed by atoms with van der Waals surface area (Å²) < 4.78 is 13.1. The van der Waals surface area contributed by atoms with Gasteiger partial charge in [0.1, 0.15) is 11.6 Å². The fraction of sp³-hybridized carbons (Fsp3) is 0.636. The minimum absolute atomic E-state index is 0.0170. The summed E-state index contributed by atoms with van der Waals surface area (Å²) >= 11 is 0. The lowest BCUT2D eigenvalue weighted by Gasteiger charge is -2.37. The fourth-order valence-corrected chi connectivity index (χ4v) is 5.06. The van der Waals surface area contributed by atoms with E-state index in [0.717, 1.165) is 70.5 Å². The van der Waals surface area contributed by atoms with E-state index in [1.54, 1.807) is 0 Å². The molecule has 0 aromatic heterocycles. The lowest BCUT2D eigenvalue weighted by Crippen LogP contribution is -2.49. The molecule has 6 heteroatoms. The highest BCUT2D eigenvalue weighted by Crippen LogP contribution is 2.40. The van der Waals surface area contributed by atoms with Crippen LogP contribution in [-0.2, 0) is 9.59 Å². The molecule has 3 fully saturated rings. The maximum Gasteiger partial charge on any atom is 0.223 e. The Morgan fingerprint density at radius 1 is 1.04 bits per heavy atom.